The molecule has 8 heteroatoms. The predicted molar refractivity (Wildman–Crippen MR) is 112 cm³/mol. The number of fused-ring (bicyclic) bond motifs is 1. The van der Waals surface area contributed by atoms with Crippen LogP contribution >= 0.6 is 11.6 Å². The maximum Gasteiger partial charge on any atom is 0.250 e. The van der Waals surface area contributed by atoms with Crippen LogP contribution in [0.5, 0.6) is 5.75 Å². The van der Waals surface area contributed by atoms with Crippen molar-refractivity contribution in [3.63, 3.8) is 0 Å². The topological polar surface area (TPSA) is 77.7 Å². The molecular formula is C22H22ClN3O4. The highest BCUT2D eigenvalue weighted by Crippen LogP contribution is 2.40. The van der Waals surface area contributed by atoms with E-state index in [2.05, 4.69) is 10.1 Å². The lowest BCUT2D eigenvalue weighted by molar-refractivity contribution is -0.118. The lowest BCUT2D eigenvalue weighted by Gasteiger charge is -2.23. The molecule has 1 aliphatic rings. The summed E-state index contributed by atoms with van der Waals surface area (Å²) < 4.78 is 15.8. The molecular weight excluding hydrogens is 406 g/mol. The number of ether oxygens (including phenoxy) is 2. The Bertz CT molecular complexity index is 1050. The quantitative estimate of drug-likeness (QED) is 0.570. The highest BCUT2D eigenvalue weighted by molar-refractivity contribution is 6.32. The highest BCUT2D eigenvalue weighted by atomic mass is 35.5. The summed E-state index contributed by atoms with van der Waals surface area (Å²) in [5.41, 5.74) is 2.74. The normalized spacial score (nSPS) is 15.3. The van der Waals surface area contributed by atoms with Crippen molar-refractivity contribution < 1.29 is 18.8 Å². The number of methoxy groups -OCH3 is 2. The van der Waals surface area contributed by atoms with Crippen molar-refractivity contribution in [3.8, 4) is 5.75 Å². The molecule has 2 heterocycles. The number of benzene rings is 2. The van der Waals surface area contributed by atoms with Crippen molar-refractivity contribution in [2.24, 2.45) is 0 Å². The molecule has 1 atom stereocenters. The van der Waals surface area contributed by atoms with Gasteiger partial charge in [-0.15, -0.1) is 0 Å². The molecule has 30 heavy (non-hydrogen) atoms. The van der Waals surface area contributed by atoms with Gasteiger partial charge in [0.2, 0.25) is 11.8 Å². The zero-order valence-corrected chi connectivity index (χ0v) is 17.6. The molecule has 0 fully saturated rings. The molecule has 7 nitrogen and oxygen atoms in total. The molecule has 4 rings (SSSR count). The summed E-state index contributed by atoms with van der Waals surface area (Å²) in [6.07, 6.45) is 1.37. The summed E-state index contributed by atoms with van der Waals surface area (Å²) in [5.74, 6) is 1.50. The van der Waals surface area contributed by atoms with Crippen LogP contribution in [0.4, 0.5) is 5.69 Å². The third kappa shape index (κ3) is 4.04. The van der Waals surface area contributed by atoms with Gasteiger partial charge in [0, 0.05) is 25.6 Å². The van der Waals surface area contributed by atoms with Crippen LogP contribution in [0.2, 0.25) is 5.02 Å². The van der Waals surface area contributed by atoms with Crippen LogP contribution in [-0.2, 0) is 28.8 Å². The van der Waals surface area contributed by atoms with Crippen LogP contribution in [-0.4, -0.2) is 36.9 Å². The third-order valence-electron chi connectivity index (χ3n) is 5.11. The van der Waals surface area contributed by atoms with Crippen LogP contribution < -0.4 is 9.64 Å². The molecule has 1 unspecified atom stereocenters. The van der Waals surface area contributed by atoms with E-state index in [0.29, 0.717) is 41.9 Å². The first-order chi connectivity index (χ1) is 14.6. The maximum atomic E-state index is 13.3. The number of rotatable bonds is 7. The largest absolute Gasteiger partial charge is 0.495 e. The van der Waals surface area contributed by atoms with Gasteiger partial charge in [-0.2, -0.15) is 4.98 Å². The first-order valence-corrected chi connectivity index (χ1v) is 10.0. The number of para-hydroxylation sites is 1. The summed E-state index contributed by atoms with van der Waals surface area (Å²) in [4.78, 5) is 19.6. The summed E-state index contributed by atoms with van der Waals surface area (Å²) in [6, 6.07) is 12.9. The summed E-state index contributed by atoms with van der Waals surface area (Å²) in [6.45, 7) is 0.505. The first kappa shape index (κ1) is 20.4. The van der Waals surface area contributed by atoms with Gasteiger partial charge in [-0.3, -0.25) is 9.69 Å². The Morgan fingerprint density at radius 3 is 2.87 bits per heavy atom. The van der Waals surface area contributed by atoms with E-state index in [1.807, 2.05) is 30.3 Å². The number of carbonyl (C=O) groups is 1. The number of carbonyl (C=O) groups excluding carboxylic acids is 1. The molecule has 0 bridgehead atoms. The van der Waals surface area contributed by atoms with Gasteiger partial charge in [-0.05, 0) is 29.3 Å². The van der Waals surface area contributed by atoms with E-state index in [1.54, 1.807) is 31.3 Å². The van der Waals surface area contributed by atoms with Crippen LogP contribution in [0.3, 0.4) is 0 Å². The molecule has 1 aliphatic heterocycles. The fourth-order valence-electron chi connectivity index (χ4n) is 3.67. The molecule has 0 radical (unpaired) electrons. The number of aromatic nitrogens is 2. The van der Waals surface area contributed by atoms with E-state index in [1.165, 1.54) is 0 Å². The second-order valence-corrected chi connectivity index (χ2v) is 7.46. The predicted octanol–water partition coefficient (Wildman–Crippen LogP) is 3.79. The van der Waals surface area contributed by atoms with Gasteiger partial charge in [-0.25, -0.2) is 0 Å². The van der Waals surface area contributed by atoms with Crippen molar-refractivity contribution in [2.75, 3.05) is 25.7 Å². The second kappa shape index (κ2) is 8.85. The number of hydrogen-bond acceptors (Lipinski definition) is 6. The van der Waals surface area contributed by atoms with Gasteiger partial charge in [-0.1, -0.05) is 41.0 Å². The minimum Gasteiger partial charge on any atom is -0.495 e. The number of anilines is 1. The van der Waals surface area contributed by atoms with Crippen LogP contribution in [0.15, 0.2) is 47.0 Å². The average Bonchev–Trinajstić information content (AvgIpc) is 3.36. The van der Waals surface area contributed by atoms with Gasteiger partial charge >= 0.3 is 0 Å². The van der Waals surface area contributed by atoms with Crippen LogP contribution in [0.1, 0.15) is 28.9 Å². The Balaban J connectivity index is 1.61. The molecule has 0 aliphatic carbocycles. The number of halogens is 1. The van der Waals surface area contributed by atoms with Crippen molar-refractivity contribution in [3.05, 3.63) is 70.3 Å². The number of amides is 1. The van der Waals surface area contributed by atoms with Gasteiger partial charge < -0.3 is 14.0 Å². The first-order valence-electron chi connectivity index (χ1n) is 9.64. The molecule has 156 valence electrons. The number of hydrogen-bond donors (Lipinski definition) is 0. The van der Waals surface area contributed by atoms with Gasteiger partial charge in [0.15, 0.2) is 5.82 Å². The molecule has 1 aromatic heterocycles. The fraction of sp³-hybridized carbons (Fsp3) is 0.318. The van der Waals surface area contributed by atoms with Crippen LogP contribution in [0, 0.1) is 0 Å². The minimum absolute atomic E-state index is 0.0668. The van der Waals surface area contributed by atoms with Crippen molar-refractivity contribution in [1.82, 2.24) is 10.1 Å². The fourth-order valence-corrected chi connectivity index (χ4v) is 3.95. The van der Waals surface area contributed by atoms with E-state index < -0.39 is 0 Å². The molecule has 0 spiro atoms. The van der Waals surface area contributed by atoms with Gasteiger partial charge in [0.1, 0.15) is 11.8 Å². The van der Waals surface area contributed by atoms with Gasteiger partial charge in [0.05, 0.1) is 25.2 Å². The SMILES string of the molecule is COCCc1noc(C2Cc3ccccc3N2C(=O)Cc2ccc(OC)c(Cl)c2)n1. The van der Waals surface area contributed by atoms with E-state index in [0.717, 1.165) is 16.8 Å². The van der Waals surface area contributed by atoms with E-state index in [9.17, 15) is 4.79 Å². The lowest BCUT2D eigenvalue weighted by atomic mass is 10.1. The standard InChI is InChI=1S/C22H22ClN3O4/c1-28-10-9-20-24-22(30-25-20)18-13-15-5-3-4-6-17(15)26(18)21(27)12-14-7-8-19(29-2)16(23)11-14/h3-8,11,18H,9-10,12-13H2,1-2H3. The molecule has 0 saturated carbocycles. The lowest BCUT2D eigenvalue weighted by Crippen LogP contribution is -2.33. The monoisotopic (exact) mass is 427 g/mol. The zero-order valence-electron chi connectivity index (χ0n) is 16.8. The molecule has 0 N–H and O–H groups in total. The van der Waals surface area contributed by atoms with Crippen molar-refractivity contribution in [2.45, 2.75) is 25.3 Å². The molecule has 1 amide bonds. The minimum atomic E-state index is -0.340. The Kier molecular flexibility index (Phi) is 6.01. The maximum absolute atomic E-state index is 13.3. The van der Waals surface area contributed by atoms with E-state index in [4.69, 9.17) is 25.6 Å². The highest BCUT2D eigenvalue weighted by Gasteiger charge is 2.38. The summed E-state index contributed by atoms with van der Waals surface area (Å²) >= 11 is 6.23. The van der Waals surface area contributed by atoms with E-state index in [-0.39, 0.29) is 18.4 Å². The summed E-state index contributed by atoms with van der Waals surface area (Å²) in [7, 11) is 3.18. The smallest absolute Gasteiger partial charge is 0.250 e. The second-order valence-electron chi connectivity index (χ2n) is 7.05. The third-order valence-corrected chi connectivity index (χ3v) is 5.41. The van der Waals surface area contributed by atoms with Gasteiger partial charge in [0.25, 0.3) is 0 Å². The molecule has 3 aromatic rings. The Hall–Kier alpha value is -2.90. The van der Waals surface area contributed by atoms with Crippen molar-refractivity contribution >= 4 is 23.2 Å². The Morgan fingerprint density at radius 2 is 2.10 bits per heavy atom. The molecule has 2 aromatic carbocycles. The van der Waals surface area contributed by atoms with Crippen molar-refractivity contribution in [1.29, 1.82) is 0 Å². The Morgan fingerprint density at radius 1 is 1.27 bits per heavy atom. The Labute approximate surface area is 179 Å². The zero-order chi connectivity index (χ0) is 21.1. The molecule has 0 saturated heterocycles. The summed E-state index contributed by atoms with van der Waals surface area (Å²) in [5, 5.41) is 4.51. The van der Waals surface area contributed by atoms with Crippen LogP contribution in [0.25, 0.3) is 0 Å². The number of nitrogens with zero attached hydrogens (tertiary/aromatic N) is 3. The average molecular weight is 428 g/mol. The van der Waals surface area contributed by atoms with E-state index >= 15 is 0 Å².